The van der Waals surface area contributed by atoms with Gasteiger partial charge in [0.05, 0.1) is 23.8 Å². The predicted octanol–water partition coefficient (Wildman–Crippen LogP) is 3.87. The van der Waals surface area contributed by atoms with Crippen LogP contribution in [0.2, 0.25) is 0 Å². The maximum atomic E-state index is 4.25. The van der Waals surface area contributed by atoms with Crippen molar-refractivity contribution in [3.63, 3.8) is 0 Å². The van der Waals surface area contributed by atoms with Gasteiger partial charge in [0.2, 0.25) is 0 Å². The van der Waals surface area contributed by atoms with Crippen LogP contribution in [0.5, 0.6) is 0 Å². The lowest BCUT2D eigenvalue weighted by molar-refractivity contribution is 0.976. The number of nitrogens with zero attached hydrogens (tertiary/aromatic N) is 1. The fourth-order valence-electron chi connectivity index (χ4n) is 2.12. The number of hydrogen-bond acceptors (Lipinski definition) is 3. The molecule has 2 N–H and O–H groups in total. The van der Waals surface area contributed by atoms with Crippen molar-refractivity contribution in [3.8, 4) is 0 Å². The van der Waals surface area contributed by atoms with Crippen molar-refractivity contribution in [1.29, 1.82) is 0 Å². The summed E-state index contributed by atoms with van der Waals surface area (Å²) in [6.07, 6.45) is 5.87. The highest BCUT2D eigenvalue weighted by molar-refractivity contribution is 5.53. The second-order valence-electron chi connectivity index (χ2n) is 5.05. The van der Waals surface area contributed by atoms with Gasteiger partial charge in [0, 0.05) is 13.1 Å². The van der Waals surface area contributed by atoms with Crippen LogP contribution < -0.4 is 10.6 Å². The standard InChI is InChI=1S/C17H23N3/c1-3-8-19-16-11-17(13-18-12-16)20-9-7-15-6-4-5-14(2)10-15/h4-6,10-13,19-20H,3,7-9H2,1-2H3. The molecule has 0 saturated carbocycles. The van der Waals surface area contributed by atoms with Crippen molar-refractivity contribution >= 4 is 11.4 Å². The van der Waals surface area contributed by atoms with Crippen LogP contribution in [0.1, 0.15) is 24.5 Å². The highest BCUT2D eigenvalue weighted by atomic mass is 14.9. The molecule has 0 radical (unpaired) electrons. The Morgan fingerprint density at radius 1 is 1.00 bits per heavy atom. The van der Waals surface area contributed by atoms with Crippen LogP contribution >= 0.6 is 0 Å². The molecule has 3 heteroatoms. The Balaban J connectivity index is 1.84. The number of anilines is 2. The van der Waals surface area contributed by atoms with Crippen molar-refractivity contribution in [2.45, 2.75) is 26.7 Å². The summed E-state index contributed by atoms with van der Waals surface area (Å²) in [6, 6.07) is 10.8. The third-order valence-electron chi connectivity index (χ3n) is 3.14. The number of aryl methyl sites for hydroxylation is 1. The van der Waals surface area contributed by atoms with E-state index in [2.05, 4.69) is 59.8 Å². The number of rotatable bonds is 7. The smallest absolute Gasteiger partial charge is 0.0547 e. The van der Waals surface area contributed by atoms with Gasteiger partial charge in [-0.05, 0) is 31.4 Å². The molecule has 2 aromatic rings. The third-order valence-corrected chi connectivity index (χ3v) is 3.14. The lowest BCUT2D eigenvalue weighted by Gasteiger charge is -2.09. The first kappa shape index (κ1) is 14.4. The fraction of sp³-hybridized carbons (Fsp3) is 0.353. The zero-order chi connectivity index (χ0) is 14.2. The van der Waals surface area contributed by atoms with Crippen molar-refractivity contribution < 1.29 is 0 Å². The van der Waals surface area contributed by atoms with E-state index < -0.39 is 0 Å². The van der Waals surface area contributed by atoms with E-state index in [0.29, 0.717) is 0 Å². The summed E-state index contributed by atoms with van der Waals surface area (Å²) in [4.78, 5) is 4.25. The third kappa shape index (κ3) is 4.57. The molecule has 2 rings (SSSR count). The molecule has 0 bridgehead atoms. The Bertz CT molecular complexity index is 537. The molecule has 1 heterocycles. The lowest BCUT2D eigenvalue weighted by atomic mass is 10.1. The molecule has 20 heavy (non-hydrogen) atoms. The molecule has 0 amide bonds. The van der Waals surface area contributed by atoms with E-state index in [0.717, 1.165) is 37.3 Å². The van der Waals surface area contributed by atoms with E-state index >= 15 is 0 Å². The quantitative estimate of drug-likeness (QED) is 0.801. The second-order valence-corrected chi connectivity index (χ2v) is 5.05. The topological polar surface area (TPSA) is 37.0 Å². The zero-order valence-corrected chi connectivity index (χ0v) is 12.3. The molecule has 1 aromatic carbocycles. The minimum atomic E-state index is 0.919. The van der Waals surface area contributed by atoms with Gasteiger partial charge in [-0.25, -0.2) is 0 Å². The van der Waals surface area contributed by atoms with Crippen LogP contribution in [0, 0.1) is 6.92 Å². The second kappa shape index (κ2) is 7.53. The summed E-state index contributed by atoms with van der Waals surface area (Å²) < 4.78 is 0. The number of pyridine rings is 1. The van der Waals surface area contributed by atoms with Crippen molar-refractivity contribution in [3.05, 3.63) is 53.9 Å². The molecule has 0 fully saturated rings. The van der Waals surface area contributed by atoms with Gasteiger partial charge in [0.25, 0.3) is 0 Å². The van der Waals surface area contributed by atoms with E-state index in [1.807, 2.05) is 12.4 Å². The minimum Gasteiger partial charge on any atom is -0.384 e. The molecule has 0 aliphatic carbocycles. The highest BCUT2D eigenvalue weighted by Gasteiger charge is 1.97. The normalized spacial score (nSPS) is 10.3. The van der Waals surface area contributed by atoms with Gasteiger partial charge in [-0.3, -0.25) is 4.98 Å². The SMILES string of the molecule is CCCNc1cncc(NCCc2cccc(C)c2)c1. The highest BCUT2D eigenvalue weighted by Crippen LogP contribution is 2.13. The first-order chi connectivity index (χ1) is 9.78. The molecule has 3 nitrogen and oxygen atoms in total. The van der Waals surface area contributed by atoms with E-state index in [4.69, 9.17) is 0 Å². The zero-order valence-electron chi connectivity index (χ0n) is 12.3. The molecule has 0 atom stereocenters. The Hall–Kier alpha value is -2.03. The number of hydrogen-bond donors (Lipinski definition) is 2. The van der Waals surface area contributed by atoms with Crippen molar-refractivity contribution in [2.75, 3.05) is 23.7 Å². The Morgan fingerprint density at radius 3 is 2.45 bits per heavy atom. The Labute approximate surface area is 121 Å². The maximum absolute atomic E-state index is 4.25. The number of aromatic nitrogens is 1. The van der Waals surface area contributed by atoms with Crippen LogP contribution in [0.25, 0.3) is 0 Å². The maximum Gasteiger partial charge on any atom is 0.0547 e. The molecule has 0 saturated heterocycles. The van der Waals surface area contributed by atoms with E-state index in [-0.39, 0.29) is 0 Å². The minimum absolute atomic E-state index is 0.919. The average Bonchev–Trinajstić information content (AvgIpc) is 2.46. The molecular weight excluding hydrogens is 246 g/mol. The molecule has 0 aliphatic rings. The summed E-state index contributed by atoms with van der Waals surface area (Å²) in [5.74, 6) is 0. The number of benzene rings is 1. The van der Waals surface area contributed by atoms with Crippen LogP contribution in [0.3, 0.4) is 0 Å². The summed E-state index contributed by atoms with van der Waals surface area (Å²) in [7, 11) is 0. The van der Waals surface area contributed by atoms with Gasteiger partial charge in [-0.1, -0.05) is 36.8 Å². The largest absolute Gasteiger partial charge is 0.384 e. The van der Waals surface area contributed by atoms with E-state index in [1.54, 1.807) is 0 Å². The van der Waals surface area contributed by atoms with Gasteiger partial charge >= 0.3 is 0 Å². The Kier molecular flexibility index (Phi) is 5.42. The van der Waals surface area contributed by atoms with Crippen molar-refractivity contribution in [1.82, 2.24) is 4.98 Å². The molecule has 0 unspecified atom stereocenters. The molecule has 1 aromatic heterocycles. The summed E-state index contributed by atoms with van der Waals surface area (Å²) in [6.45, 7) is 6.19. The fourth-order valence-corrected chi connectivity index (χ4v) is 2.12. The van der Waals surface area contributed by atoms with Crippen LogP contribution in [0.4, 0.5) is 11.4 Å². The van der Waals surface area contributed by atoms with Gasteiger partial charge < -0.3 is 10.6 Å². The molecular formula is C17H23N3. The van der Waals surface area contributed by atoms with Crippen LogP contribution in [0.15, 0.2) is 42.7 Å². The van der Waals surface area contributed by atoms with Gasteiger partial charge in [-0.15, -0.1) is 0 Å². The molecule has 0 spiro atoms. The lowest BCUT2D eigenvalue weighted by Crippen LogP contribution is -2.06. The summed E-state index contributed by atoms with van der Waals surface area (Å²) >= 11 is 0. The van der Waals surface area contributed by atoms with E-state index in [9.17, 15) is 0 Å². The Morgan fingerprint density at radius 2 is 1.75 bits per heavy atom. The van der Waals surface area contributed by atoms with Crippen LogP contribution in [-0.2, 0) is 6.42 Å². The average molecular weight is 269 g/mol. The molecule has 0 aliphatic heterocycles. The predicted molar refractivity (Wildman–Crippen MR) is 86.4 cm³/mol. The van der Waals surface area contributed by atoms with Crippen LogP contribution in [-0.4, -0.2) is 18.1 Å². The number of nitrogens with one attached hydrogen (secondary N) is 2. The van der Waals surface area contributed by atoms with Gasteiger partial charge in [0.15, 0.2) is 0 Å². The molecule has 106 valence electrons. The summed E-state index contributed by atoms with van der Waals surface area (Å²) in [5.41, 5.74) is 4.83. The van der Waals surface area contributed by atoms with Crippen molar-refractivity contribution in [2.24, 2.45) is 0 Å². The van der Waals surface area contributed by atoms with E-state index in [1.165, 1.54) is 11.1 Å². The first-order valence-electron chi connectivity index (χ1n) is 7.26. The monoisotopic (exact) mass is 269 g/mol. The van der Waals surface area contributed by atoms with Gasteiger partial charge in [0.1, 0.15) is 0 Å². The summed E-state index contributed by atoms with van der Waals surface area (Å²) in [5, 5.41) is 6.77. The van der Waals surface area contributed by atoms with Gasteiger partial charge in [-0.2, -0.15) is 0 Å². The first-order valence-corrected chi connectivity index (χ1v) is 7.26.